The number of hydrogen-bond acceptors (Lipinski definition) is 3. The molecular formula is C20H23FN2O3. The zero-order chi connectivity index (χ0) is 18.9. The summed E-state index contributed by atoms with van der Waals surface area (Å²) in [6, 6.07) is 13.1. The predicted octanol–water partition coefficient (Wildman–Crippen LogP) is 2.76. The van der Waals surface area contributed by atoms with Gasteiger partial charge in [0.15, 0.2) is 0 Å². The molecule has 5 nitrogen and oxygen atoms in total. The van der Waals surface area contributed by atoms with Crippen LogP contribution in [-0.2, 0) is 16.0 Å². The van der Waals surface area contributed by atoms with E-state index >= 15 is 0 Å². The van der Waals surface area contributed by atoms with Crippen molar-refractivity contribution in [3.8, 4) is 5.75 Å². The average molecular weight is 358 g/mol. The number of nitrogens with one attached hydrogen (secondary N) is 2. The number of hydrogen-bond donors (Lipinski definition) is 2. The molecule has 0 aliphatic rings. The van der Waals surface area contributed by atoms with Crippen molar-refractivity contribution < 1.29 is 18.7 Å². The molecule has 0 spiro atoms. The van der Waals surface area contributed by atoms with E-state index in [1.54, 1.807) is 25.3 Å². The Morgan fingerprint density at radius 1 is 1.15 bits per heavy atom. The van der Waals surface area contributed by atoms with Gasteiger partial charge in [-0.25, -0.2) is 4.39 Å². The maximum absolute atomic E-state index is 13.2. The largest absolute Gasteiger partial charge is 0.497 e. The Morgan fingerprint density at radius 2 is 1.88 bits per heavy atom. The maximum Gasteiger partial charge on any atom is 0.222 e. The second kappa shape index (κ2) is 9.56. The fraction of sp³-hybridized carbons (Fsp3) is 0.300. The van der Waals surface area contributed by atoms with Crippen molar-refractivity contribution in [1.29, 1.82) is 0 Å². The summed E-state index contributed by atoms with van der Waals surface area (Å²) in [6.45, 7) is 1.82. The van der Waals surface area contributed by atoms with Crippen LogP contribution >= 0.6 is 0 Å². The van der Waals surface area contributed by atoms with E-state index in [1.807, 2.05) is 18.2 Å². The Balaban J connectivity index is 1.91. The highest BCUT2D eigenvalue weighted by atomic mass is 19.1. The highest BCUT2D eigenvalue weighted by molar-refractivity contribution is 5.79. The van der Waals surface area contributed by atoms with Gasteiger partial charge in [0.25, 0.3) is 0 Å². The minimum atomic E-state index is -0.424. The summed E-state index contributed by atoms with van der Waals surface area (Å²) in [7, 11) is 1.58. The summed E-state index contributed by atoms with van der Waals surface area (Å²) in [5.74, 6) is 0.0169. The summed E-state index contributed by atoms with van der Waals surface area (Å²) in [5, 5.41) is 5.60. The molecule has 0 aromatic heterocycles. The van der Waals surface area contributed by atoms with Crippen molar-refractivity contribution in [2.45, 2.75) is 25.8 Å². The number of benzene rings is 2. The van der Waals surface area contributed by atoms with E-state index < -0.39 is 6.04 Å². The van der Waals surface area contributed by atoms with E-state index in [1.165, 1.54) is 19.1 Å². The first-order valence-corrected chi connectivity index (χ1v) is 8.40. The second-order valence-electron chi connectivity index (χ2n) is 5.96. The molecule has 0 heterocycles. The van der Waals surface area contributed by atoms with Crippen LogP contribution in [0.1, 0.15) is 30.5 Å². The van der Waals surface area contributed by atoms with Gasteiger partial charge in [0, 0.05) is 13.5 Å². The van der Waals surface area contributed by atoms with Gasteiger partial charge < -0.3 is 15.4 Å². The zero-order valence-corrected chi connectivity index (χ0v) is 14.9. The fourth-order valence-corrected chi connectivity index (χ4v) is 2.63. The van der Waals surface area contributed by atoms with Crippen LogP contribution in [0.2, 0.25) is 0 Å². The summed E-state index contributed by atoms with van der Waals surface area (Å²) >= 11 is 0. The summed E-state index contributed by atoms with van der Waals surface area (Å²) < 4.78 is 18.3. The zero-order valence-electron chi connectivity index (χ0n) is 14.9. The van der Waals surface area contributed by atoms with Gasteiger partial charge in [0.05, 0.1) is 19.6 Å². The minimum absolute atomic E-state index is 0.120. The van der Waals surface area contributed by atoms with Gasteiger partial charge in [0.1, 0.15) is 11.6 Å². The molecule has 0 bridgehead atoms. The molecule has 0 radical (unpaired) electrons. The topological polar surface area (TPSA) is 67.4 Å². The lowest BCUT2D eigenvalue weighted by atomic mass is 10.0. The molecule has 2 amide bonds. The summed E-state index contributed by atoms with van der Waals surface area (Å²) in [4.78, 5) is 23.7. The Morgan fingerprint density at radius 3 is 2.50 bits per heavy atom. The Labute approximate surface area is 152 Å². The van der Waals surface area contributed by atoms with Crippen LogP contribution in [0.3, 0.4) is 0 Å². The first-order valence-electron chi connectivity index (χ1n) is 8.40. The molecule has 26 heavy (non-hydrogen) atoms. The van der Waals surface area contributed by atoms with E-state index in [2.05, 4.69) is 10.6 Å². The molecule has 1 atom stereocenters. The van der Waals surface area contributed by atoms with Crippen molar-refractivity contribution in [3.05, 3.63) is 65.5 Å². The predicted molar refractivity (Wildman–Crippen MR) is 97.3 cm³/mol. The monoisotopic (exact) mass is 358 g/mol. The quantitative estimate of drug-likeness (QED) is 0.762. The average Bonchev–Trinajstić information content (AvgIpc) is 2.61. The van der Waals surface area contributed by atoms with Crippen LogP contribution in [0.15, 0.2) is 48.5 Å². The van der Waals surface area contributed by atoms with E-state index in [0.717, 1.165) is 11.1 Å². The first-order chi connectivity index (χ1) is 12.5. The number of ether oxygens (including phenoxy) is 1. The number of amides is 2. The highest BCUT2D eigenvalue weighted by Crippen LogP contribution is 2.20. The van der Waals surface area contributed by atoms with Gasteiger partial charge >= 0.3 is 0 Å². The van der Waals surface area contributed by atoms with Crippen molar-refractivity contribution in [2.75, 3.05) is 13.7 Å². The van der Waals surface area contributed by atoms with Crippen molar-refractivity contribution in [2.24, 2.45) is 0 Å². The lowest BCUT2D eigenvalue weighted by Crippen LogP contribution is -2.33. The standard InChI is InChI=1S/C20H23FN2O3/c1-14(24)23-19(16-6-8-18(26-2)9-7-16)13-20(25)22-11-10-15-4-3-5-17(21)12-15/h3-9,12,19H,10-11,13H2,1-2H3,(H,22,25)(H,23,24). The summed E-state index contributed by atoms with van der Waals surface area (Å²) in [6.07, 6.45) is 0.659. The fourth-order valence-electron chi connectivity index (χ4n) is 2.63. The van der Waals surface area contributed by atoms with E-state index in [9.17, 15) is 14.0 Å². The van der Waals surface area contributed by atoms with Crippen LogP contribution in [0.4, 0.5) is 4.39 Å². The number of carbonyl (C=O) groups is 2. The molecule has 2 aromatic rings. The van der Waals surface area contributed by atoms with Gasteiger partial charge in [-0.15, -0.1) is 0 Å². The molecule has 2 rings (SSSR count). The van der Waals surface area contributed by atoms with Crippen LogP contribution in [0.5, 0.6) is 5.75 Å². The van der Waals surface area contributed by atoms with Crippen molar-refractivity contribution >= 4 is 11.8 Å². The Hall–Kier alpha value is -2.89. The maximum atomic E-state index is 13.2. The van der Waals surface area contributed by atoms with Gasteiger partial charge in [0.2, 0.25) is 11.8 Å². The lowest BCUT2D eigenvalue weighted by Gasteiger charge is -2.18. The normalized spacial score (nSPS) is 11.5. The highest BCUT2D eigenvalue weighted by Gasteiger charge is 2.17. The number of methoxy groups -OCH3 is 1. The Kier molecular flexibility index (Phi) is 7.14. The smallest absolute Gasteiger partial charge is 0.222 e. The molecule has 0 saturated heterocycles. The molecule has 0 aliphatic heterocycles. The summed E-state index contributed by atoms with van der Waals surface area (Å²) in [5.41, 5.74) is 1.64. The molecular weight excluding hydrogens is 335 g/mol. The van der Waals surface area contributed by atoms with Crippen LogP contribution in [0, 0.1) is 5.82 Å². The third-order valence-electron chi connectivity index (χ3n) is 3.91. The van der Waals surface area contributed by atoms with Crippen molar-refractivity contribution in [1.82, 2.24) is 10.6 Å². The van der Waals surface area contributed by atoms with E-state index in [-0.39, 0.29) is 24.1 Å². The van der Waals surface area contributed by atoms with Gasteiger partial charge in [-0.2, -0.15) is 0 Å². The molecule has 0 saturated carbocycles. The molecule has 0 aliphatic carbocycles. The molecule has 2 N–H and O–H groups in total. The SMILES string of the molecule is COc1ccc(C(CC(=O)NCCc2cccc(F)c2)NC(C)=O)cc1. The molecule has 138 valence electrons. The van der Waals surface area contributed by atoms with Crippen molar-refractivity contribution in [3.63, 3.8) is 0 Å². The second-order valence-corrected chi connectivity index (χ2v) is 5.96. The Bertz CT molecular complexity index is 747. The van der Waals surface area contributed by atoms with Gasteiger partial charge in [-0.3, -0.25) is 9.59 Å². The number of carbonyl (C=O) groups excluding carboxylic acids is 2. The molecule has 1 unspecified atom stereocenters. The van der Waals surface area contributed by atoms with Crippen LogP contribution in [0.25, 0.3) is 0 Å². The van der Waals surface area contributed by atoms with Crippen LogP contribution in [-0.4, -0.2) is 25.5 Å². The first kappa shape index (κ1) is 19.4. The third kappa shape index (κ3) is 6.20. The van der Waals surface area contributed by atoms with Gasteiger partial charge in [-0.1, -0.05) is 24.3 Å². The number of rotatable bonds is 8. The number of halogens is 1. The molecule has 0 fully saturated rings. The molecule has 6 heteroatoms. The van der Waals surface area contributed by atoms with E-state index in [4.69, 9.17) is 4.74 Å². The van der Waals surface area contributed by atoms with E-state index in [0.29, 0.717) is 18.7 Å². The van der Waals surface area contributed by atoms with Gasteiger partial charge in [-0.05, 0) is 41.8 Å². The van der Waals surface area contributed by atoms with Crippen LogP contribution < -0.4 is 15.4 Å². The molecule has 2 aromatic carbocycles. The minimum Gasteiger partial charge on any atom is -0.497 e. The third-order valence-corrected chi connectivity index (χ3v) is 3.91. The lowest BCUT2D eigenvalue weighted by molar-refractivity contribution is -0.122.